The Morgan fingerprint density at radius 2 is 1.41 bits per heavy atom. The zero-order valence-corrected chi connectivity index (χ0v) is 25.0. The minimum absolute atomic E-state index is 0.00684. The van der Waals surface area contributed by atoms with Gasteiger partial charge in [-0.2, -0.15) is 13.2 Å². The zero-order valence-electron chi connectivity index (χ0n) is 23.4. The Morgan fingerprint density at radius 3 is 2.00 bits per heavy atom. The minimum Gasteiger partial charge on any atom is -0.323 e. The molecule has 0 radical (unpaired) electrons. The normalized spacial score (nSPS) is 12.0. The summed E-state index contributed by atoms with van der Waals surface area (Å²) in [5.74, 6) is -0.0287. The van der Waals surface area contributed by atoms with Crippen molar-refractivity contribution in [2.24, 2.45) is 0 Å². The molecule has 1 aromatic heterocycles. The molecular weight excluding hydrogens is 610 g/mol. The Hall–Kier alpha value is -4.26. The number of thiazole rings is 1. The zero-order chi connectivity index (χ0) is 31.2. The predicted octanol–water partition coefficient (Wildman–Crippen LogP) is 7.35. The summed E-state index contributed by atoms with van der Waals surface area (Å²) in [4.78, 5) is 19.2. The van der Waals surface area contributed by atoms with Gasteiger partial charge < -0.3 is 4.90 Å². The molecule has 0 saturated carbocycles. The number of alkyl halides is 3. The van der Waals surface area contributed by atoms with Crippen LogP contribution in [0.4, 0.5) is 23.1 Å². The lowest BCUT2D eigenvalue weighted by molar-refractivity contribution is -0.137. The van der Waals surface area contributed by atoms with Crippen LogP contribution in [0.15, 0.2) is 114 Å². The van der Waals surface area contributed by atoms with Crippen LogP contribution in [-0.4, -0.2) is 44.0 Å². The molecule has 12 heteroatoms. The largest absolute Gasteiger partial charge is 0.416 e. The molecule has 0 aliphatic rings. The third-order valence-electron chi connectivity index (χ3n) is 7.05. The molecular formula is C32H29F3N4O3S2. The number of carbonyl (C=O) groups excluding carboxylic acids is 1. The van der Waals surface area contributed by atoms with Gasteiger partial charge in [-0.05, 0) is 53.9 Å². The van der Waals surface area contributed by atoms with Crippen molar-refractivity contribution in [2.75, 3.05) is 25.0 Å². The Kier molecular flexibility index (Phi) is 9.62. The first kappa shape index (κ1) is 31.2. The summed E-state index contributed by atoms with van der Waals surface area (Å²) in [5, 5.41) is 3.26. The predicted molar refractivity (Wildman–Crippen MR) is 166 cm³/mol. The van der Waals surface area contributed by atoms with E-state index in [0.29, 0.717) is 11.6 Å². The van der Waals surface area contributed by atoms with Gasteiger partial charge in [-0.15, -0.1) is 0 Å². The first-order valence-electron chi connectivity index (χ1n) is 13.8. The fraction of sp³-hybridized carbons (Fsp3) is 0.188. The van der Waals surface area contributed by atoms with E-state index in [1.54, 1.807) is 0 Å². The van der Waals surface area contributed by atoms with Crippen molar-refractivity contribution in [2.45, 2.75) is 23.4 Å². The number of nitrogens with one attached hydrogen (secondary N) is 2. The number of hydrogen-bond acceptors (Lipinski definition) is 5. The Balaban J connectivity index is 1.32. The molecule has 1 heterocycles. The Bertz CT molecular complexity index is 1730. The first-order valence-corrected chi connectivity index (χ1v) is 16.1. The van der Waals surface area contributed by atoms with Gasteiger partial charge in [-0.3, -0.25) is 5.32 Å². The minimum atomic E-state index is -4.58. The third-order valence-corrected chi connectivity index (χ3v) is 9.48. The number of aromatic nitrogens is 1. The van der Waals surface area contributed by atoms with E-state index in [-0.39, 0.29) is 30.4 Å². The maximum atomic E-state index is 13.5. The van der Waals surface area contributed by atoms with Gasteiger partial charge in [0, 0.05) is 25.6 Å². The average Bonchev–Trinajstić information content (AvgIpc) is 3.43. The number of anilines is 1. The van der Waals surface area contributed by atoms with Crippen LogP contribution >= 0.6 is 11.3 Å². The molecule has 0 saturated heterocycles. The van der Waals surface area contributed by atoms with Gasteiger partial charge in [0.2, 0.25) is 10.0 Å². The summed E-state index contributed by atoms with van der Waals surface area (Å²) in [6, 6.07) is 30.1. The molecule has 0 unspecified atom stereocenters. The molecule has 2 amide bonds. The maximum absolute atomic E-state index is 13.5. The van der Waals surface area contributed by atoms with Gasteiger partial charge >= 0.3 is 12.2 Å². The van der Waals surface area contributed by atoms with Gasteiger partial charge in [0.1, 0.15) is 0 Å². The van der Waals surface area contributed by atoms with Crippen molar-refractivity contribution in [1.82, 2.24) is 14.6 Å². The van der Waals surface area contributed by atoms with Crippen molar-refractivity contribution in [3.63, 3.8) is 0 Å². The van der Waals surface area contributed by atoms with Crippen LogP contribution in [0.1, 0.15) is 29.0 Å². The van der Waals surface area contributed by atoms with E-state index in [9.17, 15) is 26.4 Å². The second-order valence-electron chi connectivity index (χ2n) is 9.99. The first-order chi connectivity index (χ1) is 21.1. The standard InChI is InChI=1S/C32H29F3N4O3S2/c33-32(34,35)25-15-17-26(18-16-25)44(41,42)36-20-22-39(31(40)38-30-37-28-13-7-8-14-29(28)43-30)21-19-27(23-9-3-1-4-10-23)24-11-5-2-6-12-24/h1-18,27,36H,19-22H2,(H,37,38,40). The molecule has 0 aliphatic carbocycles. The second kappa shape index (κ2) is 13.6. The smallest absolute Gasteiger partial charge is 0.323 e. The van der Waals surface area contributed by atoms with E-state index in [1.807, 2.05) is 84.9 Å². The highest BCUT2D eigenvalue weighted by atomic mass is 32.2. The lowest BCUT2D eigenvalue weighted by Crippen LogP contribution is -2.41. The lowest BCUT2D eigenvalue weighted by atomic mass is 9.88. The van der Waals surface area contributed by atoms with Crippen molar-refractivity contribution in [3.8, 4) is 0 Å². The van der Waals surface area contributed by atoms with Crippen molar-refractivity contribution < 1.29 is 26.4 Å². The summed E-state index contributed by atoms with van der Waals surface area (Å²) in [5.41, 5.74) is 1.96. The van der Waals surface area contributed by atoms with E-state index in [4.69, 9.17) is 0 Å². The maximum Gasteiger partial charge on any atom is 0.416 e. The highest BCUT2D eigenvalue weighted by Crippen LogP contribution is 2.31. The van der Waals surface area contributed by atoms with Gasteiger partial charge in [-0.1, -0.05) is 84.1 Å². The van der Waals surface area contributed by atoms with Crippen molar-refractivity contribution >= 4 is 42.7 Å². The van der Waals surface area contributed by atoms with E-state index in [2.05, 4.69) is 15.0 Å². The van der Waals surface area contributed by atoms with E-state index in [1.165, 1.54) is 16.2 Å². The molecule has 228 valence electrons. The van der Waals surface area contributed by atoms with Crippen LogP contribution in [0.5, 0.6) is 0 Å². The number of sulfonamides is 1. The number of nitrogens with zero attached hydrogens (tertiary/aromatic N) is 2. The van der Waals surface area contributed by atoms with Crippen LogP contribution in [0.3, 0.4) is 0 Å². The fourth-order valence-corrected chi connectivity index (χ4v) is 6.69. The Morgan fingerprint density at radius 1 is 0.818 bits per heavy atom. The molecule has 44 heavy (non-hydrogen) atoms. The second-order valence-corrected chi connectivity index (χ2v) is 12.8. The molecule has 0 atom stereocenters. The van der Waals surface area contributed by atoms with Crippen LogP contribution in [0, 0.1) is 0 Å². The van der Waals surface area contributed by atoms with Crippen LogP contribution in [0.25, 0.3) is 10.2 Å². The molecule has 7 nitrogen and oxygen atoms in total. The number of hydrogen-bond donors (Lipinski definition) is 2. The quantitative estimate of drug-likeness (QED) is 0.158. The molecule has 5 aromatic rings. The number of para-hydroxylation sites is 1. The molecule has 5 rings (SSSR count). The van der Waals surface area contributed by atoms with E-state index < -0.39 is 27.8 Å². The SMILES string of the molecule is O=C(Nc1nc2ccccc2s1)N(CCNS(=O)(=O)c1ccc(C(F)(F)F)cc1)CCC(c1ccccc1)c1ccccc1. The van der Waals surface area contributed by atoms with Gasteiger partial charge in [-0.25, -0.2) is 22.9 Å². The highest BCUT2D eigenvalue weighted by Gasteiger charge is 2.30. The van der Waals surface area contributed by atoms with Gasteiger partial charge in [0.25, 0.3) is 0 Å². The number of amides is 2. The summed E-state index contributed by atoms with van der Waals surface area (Å²) in [6.07, 6.45) is -4.03. The Labute approximate surface area is 257 Å². The lowest BCUT2D eigenvalue weighted by Gasteiger charge is -2.26. The highest BCUT2D eigenvalue weighted by molar-refractivity contribution is 7.89. The van der Waals surface area contributed by atoms with Gasteiger partial charge in [0.05, 0.1) is 20.7 Å². The van der Waals surface area contributed by atoms with Crippen LogP contribution in [-0.2, 0) is 16.2 Å². The molecule has 0 fully saturated rings. The van der Waals surface area contributed by atoms with Gasteiger partial charge in [0.15, 0.2) is 5.13 Å². The third kappa shape index (κ3) is 7.81. The molecule has 0 bridgehead atoms. The fourth-order valence-electron chi connectivity index (χ4n) is 4.81. The topological polar surface area (TPSA) is 91.4 Å². The van der Waals surface area contributed by atoms with Crippen LogP contribution in [0.2, 0.25) is 0 Å². The van der Waals surface area contributed by atoms with Crippen LogP contribution < -0.4 is 10.0 Å². The molecule has 4 aromatic carbocycles. The number of urea groups is 1. The number of carbonyl (C=O) groups is 1. The number of fused-ring (bicyclic) bond motifs is 1. The van der Waals surface area contributed by atoms with E-state index >= 15 is 0 Å². The average molecular weight is 639 g/mol. The number of rotatable bonds is 11. The summed E-state index contributed by atoms with van der Waals surface area (Å²) >= 11 is 1.33. The summed E-state index contributed by atoms with van der Waals surface area (Å²) < 4.78 is 67.8. The summed E-state index contributed by atoms with van der Waals surface area (Å²) in [6.45, 7) is 0.137. The van der Waals surface area contributed by atoms with E-state index in [0.717, 1.165) is 45.6 Å². The molecule has 0 aliphatic heterocycles. The number of benzene rings is 4. The molecule has 2 N–H and O–H groups in total. The number of halogens is 3. The molecule has 0 spiro atoms. The van der Waals surface area contributed by atoms with Crippen molar-refractivity contribution in [1.29, 1.82) is 0 Å². The summed E-state index contributed by atoms with van der Waals surface area (Å²) in [7, 11) is -4.12. The van der Waals surface area contributed by atoms with Crippen molar-refractivity contribution in [3.05, 3.63) is 126 Å². The monoisotopic (exact) mass is 638 g/mol.